The minimum atomic E-state index is -2.16. The summed E-state index contributed by atoms with van der Waals surface area (Å²) in [5, 5.41) is 46.5. The number of aliphatic hydroxyl groups is 4. The van der Waals surface area contributed by atoms with Crippen LogP contribution in [0.1, 0.15) is 100 Å². The number of hydrogen-bond donors (Lipinski definition) is 5. The van der Waals surface area contributed by atoms with Gasteiger partial charge in [-0.3, -0.25) is 0 Å². The summed E-state index contributed by atoms with van der Waals surface area (Å²) < 4.78 is 11.7. The van der Waals surface area contributed by atoms with Crippen LogP contribution in [-0.4, -0.2) is 55.6 Å². The van der Waals surface area contributed by atoms with Crippen LogP contribution in [-0.2, 0) is 0 Å². The topological polar surface area (TPSA) is 101 Å². The van der Waals surface area contributed by atoms with Crippen LogP contribution in [0.25, 0.3) is 0 Å². The number of rotatable bonds is 5. The Hall–Kier alpha value is 0.270. The van der Waals surface area contributed by atoms with E-state index in [2.05, 4.69) is 54.5 Å². The van der Waals surface area contributed by atoms with Crippen LogP contribution in [0.2, 0.25) is 0 Å². The molecule has 0 aromatic rings. The molecule has 9 unspecified atom stereocenters. The van der Waals surface area contributed by atoms with Crippen molar-refractivity contribution < 1.29 is 23.9 Å². The van der Waals surface area contributed by atoms with Crippen molar-refractivity contribution in [1.29, 1.82) is 0 Å². The molecule has 1 aliphatic heterocycles. The molecule has 0 spiro atoms. The zero-order chi connectivity index (χ0) is 27.1. The summed E-state index contributed by atoms with van der Waals surface area (Å²) in [5.74, 6) is 0.00857. The third-order valence-corrected chi connectivity index (χ3v) is 17.7. The predicted octanol–water partition coefficient (Wildman–Crippen LogP) is 5.25. The van der Waals surface area contributed by atoms with Gasteiger partial charge in [-0.15, -0.1) is 0 Å². The molecule has 11 atom stereocenters. The normalized spacial score (nSPS) is 49.3. The van der Waals surface area contributed by atoms with Crippen molar-refractivity contribution in [3.63, 3.8) is 0 Å². The number of fused-ring (bicyclic) bond motifs is 5. The van der Waals surface area contributed by atoms with Gasteiger partial charge in [-0.2, -0.15) is 0 Å². The molecule has 4 aliphatic rings. The molecule has 3 saturated carbocycles. The summed E-state index contributed by atoms with van der Waals surface area (Å²) in [6.07, 6.45) is 5.38. The summed E-state index contributed by atoms with van der Waals surface area (Å²) in [6, 6.07) is 0. The Morgan fingerprint density at radius 2 is 1.69 bits per heavy atom. The molecule has 6 heteroatoms. The zero-order valence-corrected chi connectivity index (χ0v) is 26.0. The number of halogens is 1. The molecule has 0 aromatic heterocycles. The molecular weight excluding hydrogens is 567 g/mol. The van der Waals surface area contributed by atoms with Crippen molar-refractivity contribution in [3.8, 4) is 0 Å². The second-order valence-corrected chi connectivity index (χ2v) is 20.2. The first kappa shape index (κ1) is 29.3. The maximum atomic E-state index is 12.0. The van der Waals surface area contributed by atoms with Gasteiger partial charge in [0.25, 0.3) is 0 Å². The van der Waals surface area contributed by atoms with Crippen molar-refractivity contribution in [2.45, 2.75) is 128 Å². The van der Waals surface area contributed by atoms with Gasteiger partial charge in [-0.25, -0.2) is 0 Å². The number of hydrogen-bond acceptors (Lipinski definition) is 5. The third kappa shape index (κ3) is 4.01. The Morgan fingerprint density at radius 1 is 1.06 bits per heavy atom. The van der Waals surface area contributed by atoms with Gasteiger partial charge in [-0.1, -0.05) is 5.57 Å². The van der Waals surface area contributed by atoms with Crippen LogP contribution in [0, 0.1) is 39.9 Å². The zero-order valence-electron chi connectivity index (χ0n) is 23.9. The molecule has 4 rings (SSSR count). The van der Waals surface area contributed by atoms with Gasteiger partial charge in [0.15, 0.2) is 0 Å². The molecule has 4 fully saturated rings. The fourth-order valence-corrected chi connectivity index (χ4v) is 15.3. The molecule has 1 heterocycles. The van der Waals surface area contributed by atoms with Crippen molar-refractivity contribution >= 4 is 20.2 Å². The van der Waals surface area contributed by atoms with Gasteiger partial charge in [-0.05, 0) is 13.8 Å². The van der Waals surface area contributed by atoms with E-state index < -0.39 is 44.1 Å². The monoisotopic (exact) mass is 620 g/mol. The molecule has 5 N–H and O–H groups in total. The van der Waals surface area contributed by atoms with E-state index in [-0.39, 0.29) is 43.3 Å². The van der Waals surface area contributed by atoms with E-state index in [0.717, 1.165) is 23.7 Å². The van der Waals surface area contributed by atoms with Crippen LogP contribution in [0.15, 0.2) is 11.6 Å². The SMILES string of the molecule is CC(C)=CCCC(O)(C1CC[C@]2(C)C1C(O)CC1C3(C)CCI(O)C(C)(C)C3C(O)CC12C)[C@H](C)O. The summed E-state index contributed by atoms with van der Waals surface area (Å²) in [6.45, 7) is 17.2. The molecule has 5 nitrogen and oxygen atoms in total. The standard InChI is InChI=1S/C30H53IO5/c1-18(2)10-9-12-30(35,19(3)32)20-11-13-28(7)24(20)21(33)16-23-27(6)14-15-31(36)26(4,5)25(27)22(34)17-29(23,28)8/h10,19-25,32-36H,9,11-17H2,1-8H3/t19-,20?,21?,22?,23?,24?,25?,27?,28+,29?,30?/m0/s1. The molecule has 36 heavy (non-hydrogen) atoms. The summed E-state index contributed by atoms with van der Waals surface area (Å²) in [5.41, 5.74) is -0.605. The predicted molar refractivity (Wildman–Crippen MR) is 154 cm³/mol. The van der Waals surface area contributed by atoms with Crippen molar-refractivity contribution in [1.82, 2.24) is 0 Å². The Balaban J connectivity index is 1.74. The Bertz CT molecular complexity index is 869. The molecule has 0 aromatic carbocycles. The van der Waals surface area contributed by atoms with E-state index in [4.69, 9.17) is 0 Å². The van der Waals surface area contributed by atoms with E-state index in [9.17, 15) is 23.9 Å². The van der Waals surface area contributed by atoms with Gasteiger partial charge in [0.05, 0.1) is 0 Å². The van der Waals surface area contributed by atoms with Crippen molar-refractivity contribution in [2.75, 3.05) is 4.43 Å². The Morgan fingerprint density at radius 3 is 2.28 bits per heavy atom. The van der Waals surface area contributed by atoms with Gasteiger partial charge in [0, 0.05) is 0 Å². The maximum absolute atomic E-state index is 12.0. The molecule has 1 saturated heterocycles. The molecular formula is C30H53IO5. The van der Waals surface area contributed by atoms with Crippen molar-refractivity contribution in [3.05, 3.63) is 11.6 Å². The summed E-state index contributed by atoms with van der Waals surface area (Å²) in [4.78, 5) is 0. The first-order valence-electron chi connectivity index (χ1n) is 14.2. The quantitative estimate of drug-likeness (QED) is 0.164. The Kier molecular flexibility index (Phi) is 7.67. The van der Waals surface area contributed by atoms with Crippen molar-refractivity contribution in [2.24, 2.45) is 39.9 Å². The first-order chi connectivity index (χ1) is 16.5. The van der Waals surface area contributed by atoms with E-state index in [1.807, 2.05) is 0 Å². The van der Waals surface area contributed by atoms with E-state index in [1.165, 1.54) is 5.57 Å². The fourth-order valence-electron chi connectivity index (χ4n) is 10.3. The van der Waals surface area contributed by atoms with Gasteiger partial charge in [0.2, 0.25) is 0 Å². The van der Waals surface area contributed by atoms with Gasteiger partial charge >= 0.3 is 208 Å². The second kappa shape index (κ2) is 9.43. The van der Waals surface area contributed by atoms with Crippen LogP contribution >= 0.6 is 20.2 Å². The first-order valence-corrected chi connectivity index (χ1v) is 17.8. The third-order valence-electron chi connectivity index (χ3n) is 12.2. The van der Waals surface area contributed by atoms with Gasteiger partial charge < -0.3 is 0 Å². The fraction of sp³-hybridized carbons (Fsp3) is 0.933. The minimum absolute atomic E-state index is 0.0510. The van der Waals surface area contributed by atoms with Crippen LogP contribution in [0.5, 0.6) is 0 Å². The van der Waals surface area contributed by atoms with E-state index in [0.29, 0.717) is 25.7 Å². The van der Waals surface area contributed by atoms with Crippen LogP contribution in [0.3, 0.4) is 0 Å². The molecule has 3 aliphatic carbocycles. The summed E-state index contributed by atoms with van der Waals surface area (Å²) in [7, 11) is 0. The second-order valence-electron chi connectivity index (χ2n) is 14.4. The average molecular weight is 621 g/mol. The number of allylic oxidation sites excluding steroid dienone is 2. The molecule has 0 radical (unpaired) electrons. The van der Waals surface area contributed by atoms with E-state index in [1.54, 1.807) is 6.92 Å². The molecule has 0 bridgehead atoms. The van der Waals surface area contributed by atoms with Crippen LogP contribution in [0.4, 0.5) is 0 Å². The number of aliphatic hydroxyl groups excluding tert-OH is 3. The molecule has 0 amide bonds. The summed E-state index contributed by atoms with van der Waals surface area (Å²) >= 11 is -2.16. The van der Waals surface area contributed by atoms with Gasteiger partial charge in [0.1, 0.15) is 0 Å². The Labute approximate surface area is 227 Å². The average Bonchev–Trinajstić information content (AvgIpc) is 3.13. The molecule has 210 valence electrons. The van der Waals surface area contributed by atoms with Crippen LogP contribution < -0.4 is 0 Å². The van der Waals surface area contributed by atoms with E-state index >= 15 is 0 Å². The number of alkyl halides is 2.